The van der Waals surface area contributed by atoms with Crippen LogP contribution in [0.2, 0.25) is 0 Å². The van der Waals surface area contributed by atoms with Crippen molar-refractivity contribution in [3.05, 3.63) is 47.4 Å². The van der Waals surface area contributed by atoms with Crippen molar-refractivity contribution in [2.75, 3.05) is 10.7 Å². The molecule has 4 N–H and O–H groups in total. The summed E-state index contributed by atoms with van der Waals surface area (Å²) in [5, 5.41) is 1.48. The third-order valence-corrected chi connectivity index (χ3v) is 4.63. The topological polar surface area (TPSA) is 81.1 Å². The van der Waals surface area contributed by atoms with Gasteiger partial charge in [0, 0.05) is 5.41 Å². The van der Waals surface area contributed by atoms with E-state index in [1.807, 2.05) is 51.1 Å². The van der Waals surface area contributed by atoms with Crippen LogP contribution in [0, 0.1) is 0 Å². The number of halogens is 1. The van der Waals surface area contributed by atoms with E-state index in [1.54, 1.807) is 0 Å². The number of anilines is 2. The molecule has 3 rings (SSSR count). The molecule has 0 spiro atoms. The number of hydrazine groups is 1. The number of benzene rings is 1. The van der Waals surface area contributed by atoms with Crippen molar-refractivity contribution < 1.29 is 4.39 Å². The molecule has 1 fully saturated rings. The SMILES string of the molecule is CC(C)(C)c1nc(N(N)Cc2ccccc2)c(N)c(C2(F)CCC2)n1. The van der Waals surface area contributed by atoms with Crippen LogP contribution in [0.3, 0.4) is 0 Å². The van der Waals surface area contributed by atoms with Gasteiger partial charge in [-0.2, -0.15) is 0 Å². The summed E-state index contributed by atoms with van der Waals surface area (Å²) in [6.07, 6.45) is 1.73. The Labute approximate surface area is 148 Å². The summed E-state index contributed by atoms with van der Waals surface area (Å²) in [4.78, 5) is 9.06. The zero-order valence-corrected chi connectivity index (χ0v) is 15.1. The van der Waals surface area contributed by atoms with E-state index in [-0.39, 0.29) is 16.8 Å². The van der Waals surface area contributed by atoms with E-state index in [9.17, 15) is 0 Å². The summed E-state index contributed by atoms with van der Waals surface area (Å²) in [5.74, 6) is 7.20. The van der Waals surface area contributed by atoms with Crippen LogP contribution in [0.25, 0.3) is 0 Å². The molecule has 2 aromatic rings. The van der Waals surface area contributed by atoms with Crippen LogP contribution in [0.5, 0.6) is 0 Å². The van der Waals surface area contributed by atoms with Crippen molar-refractivity contribution in [1.29, 1.82) is 0 Å². The minimum Gasteiger partial charge on any atom is -0.394 e. The molecule has 1 aromatic carbocycles. The van der Waals surface area contributed by atoms with Gasteiger partial charge < -0.3 is 5.73 Å². The van der Waals surface area contributed by atoms with Gasteiger partial charge in [-0.25, -0.2) is 20.2 Å². The second-order valence-electron chi connectivity index (χ2n) is 7.82. The zero-order valence-electron chi connectivity index (χ0n) is 15.1. The van der Waals surface area contributed by atoms with Crippen LogP contribution in [-0.2, 0) is 17.6 Å². The molecule has 6 heteroatoms. The predicted molar refractivity (Wildman–Crippen MR) is 98.6 cm³/mol. The molecule has 0 aliphatic heterocycles. The molecule has 5 nitrogen and oxygen atoms in total. The van der Waals surface area contributed by atoms with Gasteiger partial charge in [-0.3, -0.25) is 5.01 Å². The highest BCUT2D eigenvalue weighted by Gasteiger charge is 2.43. The number of nitrogens with two attached hydrogens (primary N) is 2. The van der Waals surface area contributed by atoms with Crippen molar-refractivity contribution in [2.24, 2.45) is 5.84 Å². The van der Waals surface area contributed by atoms with Gasteiger partial charge in [0.05, 0.1) is 6.54 Å². The summed E-state index contributed by atoms with van der Waals surface area (Å²) < 4.78 is 15.1. The van der Waals surface area contributed by atoms with Gasteiger partial charge in [0.15, 0.2) is 11.5 Å². The second kappa shape index (κ2) is 6.26. The first-order chi connectivity index (χ1) is 11.7. The number of hydrogen-bond acceptors (Lipinski definition) is 5. The van der Waals surface area contributed by atoms with Gasteiger partial charge in [-0.1, -0.05) is 51.1 Å². The number of rotatable bonds is 4. The van der Waals surface area contributed by atoms with Crippen LogP contribution >= 0.6 is 0 Å². The van der Waals surface area contributed by atoms with Crippen molar-refractivity contribution in [1.82, 2.24) is 9.97 Å². The lowest BCUT2D eigenvalue weighted by Crippen LogP contribution is -2.37. The summed E-state index contributed by atoms with van der Waals surface area (Å²) >= 11 is 0. The molecule has 0 unspecified atom stereocenters. The molecule has 0 saturated heterocycles. The Morgan fingerprint density at radius 2 is 1.80 bits per heavy atom. The maximum Gasteiger partial charge on any atom is 0.170 e. The minimum atomic E-state index is -1.46. The second-order valence-corrected chi connectivity index (χ2v) is 7.82. The first-order valence-corrected chi connectivity index (χ1v) is 8.64. The standard InChI is InChI=1S/C19H26FN5/c1-18(2,3)17-23-15(19(20)10-7-11-19)14(21)16(24-17)25(22)12-13-8-5-4-6-9-13/h4-6,8-9H,7,10-12,21-22H2,1-3H3. The fourth-order valence-electron chi connectivity index (χ4n) is 2.93. The predicted octanol–water partition coefficient (Wildman–Crippen LogP) is 3.59. The van der Waals surface area contributed by atoms with E-state index >= 15 is 4.39 Å². The Morgan fingerprint density at radius 1 is 1.16 bits per heavy atom. The molecule has 0 bridgehead atoms. The van der Waals surface area contributed by atoms with Crippen molar-refractivity contribution >= 4 is 11.5 Å². The molecular formula is C19H26FN5. The van der Waals surface area contributed by atoms with Crippen molar-refractivity contribution in [2.45, 2.75) is 57.7 Å². The van der Waals surface area contributed by atoms with Crippen LogP contribution in [0.15, 0.2) is 30.3 Å². The Hall–Kier alpha value is -2.21. The molecule has 25 heavy (non-hydrogen) atoms. The van der Waals surface area contributed by atoms with Crippen LogP contribution in [0.1, 0.15) is 57.1 Å². The van der Waals surface area contributed by atoms with Gasteiger partial charge in [0.25, 0.3) is 0 Å². The summed E-state index contributed by atoms with van der Waals surface area (Å²) in [6.45, 7) is 6.42. The number of nitrogens with zero attached hydrogens (tertiary/aromatic N) is 3. The smallest absolute Gasteiger partial charge is 0.170 e. The lowest BCUT2D eigenvalue weighted by atomic mass is 9.78. The first kappa shape index (κ1) is 17.6. The normalized spacial score (nSPS) is 16.4. The van der Waals surface area contributed by atoms with Gasteiger partial charge in [0.1, 0.15) is 17.2 Å². The van der Waals surface area contributed by atoms with E-state index in [0.717, 1.165) is 12.0 Å². The molecule has 1 aromatic heterocycles. The average molecular weight is 343 g/mol. The molecule has 1 aliphatic rings. The first-order valence-electron chi connectivity index (χ1n) is 8.64. The molecule has 134 valence electrons. The maximum absolute atomic E-state index is 15.1. The van der Waals surface area contributed by atoms with E-state index in [0.29, 0.717) is 31.0 Å². The van der Waals surface area contributed by atoms with Crippen LogP contribution < -0.4 is 16.6 Å². The molecule has 1 aliphatic carbocycles. The Kier molecular flexibility index (Phi) is 4.41. The number of aromatic nitrogens is 2. The molecule has 0 radical (unpaired) electrons. The largest absolute Gasteiger partial charge is 0.394 e. The maximum atomic E-state index is 15.1. The monoisotopic (exact) mass is 343 g/mol. The highest BCUT2D eigenvalue weighted by Crippen LogP contribution is 2.48. The fourth-order valence-corrected chi connectivity index (χ4v) is 2.93. The van der Waals surface area contributed by atoms with E-state index in [4.69, 9.17) is 11.6 Å². The van der Waals surface area contributed by atoms with E-state index in [1.165, 1.54) is 5.01 Å². The van der Waals surface area contributed by atoms with Crippen molar-refractivity contribution in [3.8, 4) is 0 Å². The Balaban J connectivity index is 2.04. The lowest BCUT2D eigenvalue weighted by Gasteiger charge is -2.36. The third kappa shape index (κ3) is 3.44. The third-order valence-electron chi connectivity index (χ3n) is 4.63. The van der Waals surface area contributed by atoms with E-state index < -0.39 is 5.67 Å². The number of hydrogen-bond donors (Lipinski definition) is 2. The summed E-state index contributed by atoms with van der Waals surface area (Å²) in [7, 11) is 0. The van der Waals surface area contributed by atoms with Crippen LogP contribution in [0.4, 0.5) is 15.9 Å². The summed E-state index contributed by atoms with van der Waals surface area (Å²) in [5.41, 5.74) is 6.03. The van der Waals surface area contributed by atoms with Gasteiger partial charge >= 0.3 is 0 Å². The average Bonchev–Trinajstić information content (AvgIpc) is 2.52. The molecule has 0 atom stereocenters. The van der Waals surface area contributed by atoms with Gasteiger partial charge in [-0.15, -0.1) is 0 Å². The minimum absolute atomic E-state index is 0.244. The molecule has 0 amide bonds. The quantitative estimate of drug-likeness (QED) is 0.655. The fraction of sp³-hybridized carbons (Fsp3) is 0.474. The molecule has 1 heterocycles. The van der Waals surface area contributed by atoms with Crippen LogP contribution in [-0.4, -0.2) is 9.97 Å². The number of nitrogen functional groups attached to an aromatic ring is 1. The Morgan fingerprint density at radius 3 is 2.32 bits per heavy atom. The number of alkyl halides is 1. The highest BCUT2D eigenvalue weighted by molar-refractivity contribution is 5.66. The lowest BCUT2D eigenvalue weighted by molar-refractivity contribution is 0.0563. The van der Waals surface area contributed by atoms with Crippen molar-refractivity contribution in [3.63, 3.8) is 0 Å². The zero-order chi connectivity index (χ0) is 18.2. The summed E-state index contributed by atoms with van der Waals surface area (Å²) in [6, 6.07) is 9.80. The van der Waals surface area contributed by atoms with E-state index in [2.05, 4.69) is 9.97 Å². The molecular weight excluding hydrogens is 317 g/mol. The van der Waals surface area contributed by atoms with Gasteiger partial charge in [0.2, 0.25) is 0 Å². The Bertz CT molecular complexity index is 750. The molecule has 1 saturated carbocycles. The van der Waals surface area contributed by atoms with Gasteiger partial charge in [-0.05, 0) is 24.8 Å². The highest BCUT2D eigenvalue weighted by atomic mass is 19.1.